The van der Waals surface area contributed by atoms with Crippen LogP contribution in [0.1, 0.15) is 21.8 Å². The summed E-state index contributed by atoms with van der Waals surface area (Å²) in [5.74, 6) is -0.847. The molecule has 0 saturated carbocycles. The highest BCUT2D eigenvalue weighted by molar-refractivity contribution is 7.13. The first-order valence-electron chi connectivity index (χ1n) is 6.08. The molecule has 0 amide bonds. The van der Waals surface area contributed by atoms with E-state index in [1.54, 1.807) is 23.6 Å². The van der Waals surface area contributed by atoms with E-state index in [1.807, 2.05) is 0 Å². The zero-order valence-corrected chi connectivity index (χ0v) is 11.7. The Balaban J connectivity index is 1.93. The van der Waals surface area contributed by atoms with Crippen molar-refractivity contribution >= 4 is 45.6 Å². The number of nitrogens with zero attached hydrogens (tertiary/aromatic N) is 2. The van der Waals surface area contributed by atoms with E-state index >= 15 is 0 Å². The smallest absolute Gasteiger partial charge is 0.338 e. The van der Waals surface area contributed by atoms with E-state index in [9.17, 15) is 14.9 Å². The van der Waals surface area contributed by atoms with Gasteiger partial charge < -0.3 is 9.52 Å². The third kappa shape index (κ3) is 2.59. The molecule has 0 spiro atoms. The molecular weight excluding hydrogens is 308 g/mol. The van der Waals surface area contributed by atoms with Crippen LogP contribution >= 0.6 is 11.3 Å². The Hall–Kier alpha value is -3.00. The minimum atomic E-state index is -1.08. The number of benzene rings is 1. The maximum Gasteiger partial charge on any atom is 0.338 e. The fourth-order valence-electron chi connectivity index (χ4n) is 1.90. The van der Waals surface area contributed by atoms with Crippen LogP contribution in [0.2, 0.25) is 0 Å². The first kappa shape index (κ1) is 14.0. The van der Waals surface area contributed by atoms with E-state index in [2.05, 4.69) is 4.98 Å². The molecule has 0 fully saturated rings. The summed E-state index contributed by atoms with van der Waals surface area (Å²) in [6, 6.07) is 6.09. The van der Waals surface area contributed by atoms with Crippen LogP contribution in [0.4, 0.5) is 5.00 Å². The van der Waals surface area contributed by atoms with Gasteiger partial charge in [-0.2, -0.15) is 0 Å². The number of aromatic nitrogens is 1. The number of rotatable bonds is 4. The van der Waals surface area contributed by atoms with Gasteiger partial charge in [-0.1, -0.05) is 17.4 Å². The molecule has 1 N–H and O–H groups in total. The molecule has 2 heterocycles. The summed E-state index contributed by atoms with van der Waals surface area (Å²) in [5.41, 5.74) is 1.35. The normalized spacial score (nSPS) is 11.3. The van der Waals surface area contributed by atoms with Gasteiger partial charge >= 0.3 is 11.0 Å². The molecule has 3 aromatic rings. The van der Waals surface area contributed by atoms with E-state index in [1.165, 1.54) is 18.2 Å². The van der Waals surface area contributed by atoms with Gasteiger partial charge in [0.1, 0.15) is 5.52 Å². The van der Waals surface area contributed by atoms with Gasteiger partial charge in [0.25, 0.3) is 0 Å². The first-order chi connectivity index (χ1) is 10.5. The van der Waals surface area contributed by atoms with Gasteiger partial charge in [-0.05, 0) is 23.8 Å². The molecule has 8 heteroatoms. The van der Waals surface area contributed by atoms with Crippen LogP contribution in [0.25, 0.3) is 23.3 Å². The lowest BCUT2D eigenvalue weighted by Gasteiger charge is -1.92. The largest absolute Gasteiger partial charge is 0.478 e. The topological polar surface area (TPSA) is 106 Å². The van der Waals surface area contributed by atoms with Crippen molar-refractivity contribution in [3.63, 3.8) is 0 Å². The number of carboxylic acids is 1. The number of hydrogen-bond acceptors (Lipinski definition) is 6. The summed E-state index contributed by atoms with van der Waals surface area (Å²) in [5, 5.41) is 21.4. The zero-order chi connectivity index (χ0) is 15.7. The number of carbonyl (C=O) groups is 1. The molecule has 1 aromatic carbocycles. The molecule has 22 heavy (non-hydrogen) atoms. The second-order valence-corrected chi connectivity index (χ2v) is 5.21. The number of oxazole rings is 1. The Kier molecular flexibility index (Phi) is 3.43. The Morgan fingerprint density at radius 2 is 2.23 bits per heavy atom. The molecule has 2 aromatic heterocycles. The standard InChI is InChI=1S/C14H8N2O5S/c17-14(18)9-2-1-3-10-13(9)15-11(21-10)5-4-8-6-12(16(19)20)22-7-8/h1-7H,(H,17,18). The number of aromatic carboxylic acids is 1. The number of nitro groups is 1. The van der Waals surface area contributed by atoms with Crippen molar-refractivity contribution in [1.29, 1.82) is 0 Å². The molecule has 0 bridgehead atoms. The van der Waals surface area contributed by atoms with Crippen LogP contribution in [-0.2, 0) is 0 Å². The zero-order valence-electron chi connectivity index (χ0n) is 10.9. The van der Waals surface area contributed by atoms with E-state index in [4.69, 9.17) is 9.52 Å². The van der Waals surface area contributed by atoms with Crippen molar-refractivity contribution in [3.8, 4) is 0 Å². The average molecular weight is 316 g/mol. The summed E-state index contributed by atoms with van der Waals surface area (Å²) in [4.78, 5) is 25.4. The summed E-state index contributed by atoms with van der Waals surface area (Å²) >= 11 is 1.03. The van der Waals surface area contributed by atoms with Crippen LogP contribution in [0.5, 0.6) is 0 Å². The SMILES string of the molecule is O=C(O)c1cccc2oc(C=Cc3csc([N+](=O)[O-])c3)nc12. The molecule has 0 radical (unpaired) electrons. The number of hydrogen-bond donors (Lipinski definition) is 1. The van der Waals surface area contributed by atoms with Gasteiger partial charge in [0, 0.05) is 17.5 Å². The fraction of sp³-hybridized carbons (Fsp3) is 0. The lowest BCUT2D eigenvalue weighted by molar-refractivity contribution is -0.380. The predicted octanol–water partition coefficient (Wildman–Crippen LogP) is 3.67. The molecule has 7 nitrogen and oxygen atoms in total. The summed E-state index contributed by atoms with van der Waals surface area (Å²) in [6.07, 6.45) is 3.16. The van der Waals surface area contributed by atoms with Crippen LogP contribution in [0, 0.1) is 10.1 Å². The Bertz CT molecular complexity index is 909. The lowest BCUT2D eigenvalue weighted by atomic mass is 10.2. The molecule has 0 atom stereocenters. The maximum atomic E-state index is 11.1. The van der Waals surface area contributed by atoms with Crippen LogP contribution in [-0.4, -0.2) is 21.0 Å². The van der Waals surface area contributed by atoms with Crippen LogP contribution < -0.4 is 0 Å². The average Bonchev–Trinajstić information content (AvgIpc) is 3.10. The molecule has 0 aliphatic carbocycles. The predicted molar refractivity (Wildman–Crippen MR) is 80.9 cm³/mol. The molecule has 0 unspecified atom stereocenters. The fourth-order valence-corrected chi connectivity index (χ4v) is 2.59. The first-order valence-corrected chi connectivity index (χ1v) is 6.96. The number of thiophene rings is 1. The quantitative estimate of drug-likeness (QED) is 0.581. The maximum absolute atomic E-state index is 11.1. The molecule has 0 aliphatic heterocycles. The van der Waals surface area contributed by atoms with E-state index in [0.29, 0.717) is 11.1 Å². The summed E-state index contributed by atoms with van der Waals surface area (Å²) in [6.45, 7) is 0. The number of para-hydroxylation sites is 1. The summed E-state index contributed by atoms with van der Waals surface area (Å²) < 4.78 is 5.44. The highest BCUT2D eigenvalue weighted by atomic mass is 32.1. The van der Waals surface area contributed by atoms with Gasteiger partial charge in [-0.15, -0.1) is 0 Å². The van der Waals surface area contributed by atoms with E-state index in [-0.39, 0.29) is 22.0 Å². The molecule has 0 saturated heterocycles. The number of carboxylic acid groups (broad SMARTS) is 1. The second-order valence-electron chi connectivity index (χ2n) is 4.32. The summed E-state index contributed by atoms with van der Waals surface area (Å²) in [7, 11) is 0. The highest BCUT2D eigenvalue weighted by Gasteiger charge is 2.13. The van der Waals surface area contributed by atoms with Crippen LogP contribution in [0.3, 0.4) is 0 Å². The van der Waals surface area contributed by atoms with Crippen molar-refractivity contribution in [2.24, 2.45) is 0 Å². The third-order valence-corrected chi connectivity index (χ3v) is 3.77. The highest BCUT2D eigenvalue weighted by Crippen LogP contribution is 2.25. The minimum Gasteiger partial charge on any atom is -0.478 e. The second kappa shape index (κ2) is 5.41. The van der Waals surface area contributed by atoms with Gasteiger partial charge in [0.15, 0.2) is 5.58 Å². The third-order valence-electron chi connectivity index (χ3n) is 2.87. The number of fused-ring (bicyclic) bond motifs is 1. The van der Waals surface area contributed by atoms with Gasteiger partial charge in [-0.3, -0.25) is 10.1 Å². The van der Waals surface area contributed by atoms with E-state index < -0.39 is 10.9 Å². The van der Waals surface area contributed by atoms with Crippen molar-refractivity contribution in [2.45, 2.75) is 0 Å². The van der Waals surface area contributed by atoms with Gasteiger partial charge in [0.2, 0.25) is 5.89 Å². The lowest BCUT2D eigenvalue weighted by Crippen LogP contribution is -1.96. The van der Waals surface area contributed by atoms with Crippen molar-refractivity contribution < 1.29 is 19.2 Å². The minimum absolute atomic E-state index is 0.0466. The molecule has 0 aliphatic rings. The van der Waals surface area contributed by atoms with Crippen molar-refractivity contribution in [2.75, 3.05) is 0 Å². The molecule has 3 rings (SSSR count). The Labute approximate surface area is 127 Å². The monoisotopic (exact) mass is 316 g/mol. The van der Waals surface area contributed by atoms with Crippen molar-refractivity contribution in [1.82, 2.24) is 4.98 Å². The molecular formula is C14H8N2O5S. The van der Waals surface area contributed by atoms with Gasteiger partial charge in [-0.25, -0.2) is 9.78 Å². The van der Waals surface area contributed by atoms with Gasteiger partial charge in [0.05, 0.1) is 10.5 Å². The van der Waals surface area contributed by atoms with E-state index in [0.717, 1.165) is 11.3 Å². The van der Waals surface area contributed by atoms with Crippen LogP contribution in [0.15, 0.2) is 34.1 Å². The van der Waals surface area contributed by atoms with Crippen molar-refractivity contribution in [3.05, 3.63) is 56.8 Å². The molecule has 110 valence electrons. The Morgan fingerprint density at radius 3 is 2.91 bits per heavy atom. The Morgan fingerprint density at radius 1 is 1.41 bits per heavy atom.